The lowest BCUT2D eigenvalue weighted by molar-refractivity contribution is -0.149. The third-order valence-corrected chi connectivity index (χ3v) is 3.87. The highest BCUT2D eigenvalue weighted by Crippen LogP contribution is 2.10. The van der Waals surface area contributed by atoms with Crippen molar-refractivity contribution in [2.45, 2.75) is 104 Å². The minimum Gasteiger partial charge on any atom is -0.353 e. The maximum Gasteiger partial charge on any atom is 0.157 e. The predicted octanol–water partition coefficient (Wildman–Crippen LogP) is 5.66. The molecule has 1 atom stereocenters. The molecule has 0 amide bonds. The van der Waals surface area contributed by atoms with Crippen LogP contribution in [0.1, 0.15) is 97.3 Å². The summed E-state index contributed by atoms with van der Waals surface area (Å²) >= 11 is 0. The highest BCUT2D eigenvalue weighted by Gasteiger charge is 2.08. The highest BCUT2D eigenvalue weighted by molar-refractivity contribution is 5.49. The summed E-state index contributed by atoms with van der Waals surface area (Å²) in [5.41, 5.74) is 0. The molecular formula is C19H38O3. The van der Waals surface area contributed by atoms with Crippen molar-refractivity contribution in [1.29, 1.82) is 0 Å². The van der Waals surface area contributed by atoms with Crippen LogP contribution in [-0.4, -0.2) is 25.8 Å². The molecule has 0 aromatic carbocycles. The Balaban J connectivity index is 3.58. The van der Waals surface area contributed by atoms with E-state index >= 15 is 0 Å². The van der Waals surface area contributed by atoms with Gasteiger partial charge in [-0.2, -0.15) is 0 Å². The first kappa shape index (κ1) is 21.6. The lowest BCUT2D eigenvalue weighted by Gasteiger charge is -2.18. The fourth-order valence-electron chi connectivity index (χ4n) is 2.44. The molecule has 0 aliphatic carbocycles. The zero-order chi connectivity index (χ0) is 16.3. The molecule has 1 unspecified atom stereocenters. The van der Waals surface area contributed by atoms with E-state index in [0.717, 1.165) is 32.3 Å². The van der Waals surface area contributed by atoms with Gasteiger partial charge in [0.1, 0.15) is 6.29 Å². The van der Waals surface area contributed by atoms with Crippen molar-refractivity contribution in [3.63, 3.8) is 0 Å². The largest absolute Gasteiger partial charge is 0.353 e. The van der Waals surface area contributed by atoms with Gasteiger partial charge in [0.15, 0.2) is 6.29 Å². The summed E-state index contributed by atoms with van der Waals surface area (Å²) in [6.45, 7) is 5.97. The van der Waals surface area contributed by atoms with Gasteiger partial charge in [-0.3, -0.25) is 0 Å². The first-order valence-corrected chi connectivity index (χ1v) is 9.52. The van der Waals surface area contributed by atoms with Gasteiger partial charge in [-0.1, -0.05) is 71.6 Å². The molecule has 0 saturated heterocycles. The van der Waals surface area contributed by atoms with E-state index < -0.39 is 0 Å². The second-order valence-electron chi connectivity index (χ2n) is 6.10. The number of ether oxygens (including phenoxy) is 2. The Kier molecular flexibility index (Phi) is 18.3. The molecule has 22 heavy (non-hydrogen) atoms. The molecule has 0 fully saturated rings. The molecule has 0 radical (unpaired) electrons. The van der Waals surface area contributed by atoms with Gasteiger partial charge >= 0.3 is 0 Å². The van der Waals surface area contributed by atoms with E-state index in [1.54, 1.807) is 0 Å². The number of rotatable bonds is 18. The molecular weight excluding hydrogens is 276 g/mol. The Morgan fingerprint density at radius 3 is 1.64 bits per heavy atom. The second kappa shape index (κ2) is 18.6. The van der Waals surface area contributed by atoms with Crippen molar-refractivity contribution in [1.82, 2.24) is 0 Å². The molecule has 0 aromatic heterocycles. The van der Waals surface area contributed by atoms with Crippen LogP contribution in [0.25, 0.3) is 0 Å². The van der Waals surface area contributed by atoms with Gasteiger partial charge in [-0.05, 0) is 12.8 Å². The van der Waals surface area contributed by atoms with Crippen LogP contribution in [0.2, 0.25) is 0 Å². The third kappa shape index (κ3) is 16.0. The molecule has 0 rings (SSSR count). The van der Waals surface area contributed by atoms with Crippen molar-refractivity contribution in [2.75, 3.05) is 13.2 Å². The minimum atomic E-state index is -0.188. The van der Waals surface area contributed by atoms with Crippen LogP contribution in [0, 0.1) is 0 Å². The topological polar surface area (TPSA) is 35.5 Å². The van der Waals surface area contributed by atoms with Crippen molar-refractivity contribution in [2.24, 2.45) is 0 Å². The van der Waals surface area contributed by atoms with Crippen LogP contribution in [-0.2, 0) is 14.3 Å². The molecule has 132 valence electrons. The fourth-order valence-corrected chi connectivity index (χ4v) is 2.44. The van der Waals surface area contributed by atoms with Gasteiger partial charge in [0.05, 0.1) is 0 Å². The average molecular weight is 315 g/mol. The van der Waals surface area contributed by atoms with E-state index in [9.17, 15) is 4.79 Å². The summed E-state index contributed by atoms with van der Waals surface area (Å²) in [6.07, 6.45) is 15.8. The third-order valence-electron chi connectivity index (χ3n) is 3.87. The van der Waals surface area contributed by atoms with Crippen LogP contribution < -0.4 is 0 Å². The van der Waals surface area contributed by atoms with Crippen molar-refractivity contribution in [3.05, 3.63) is 0 Å². The lowest BCUT2D eigenvalue weighted by atomic mass is 10.1. The van der Waals surface area contributed by atoms with Crippen molar-refractivity contribution in [3.8, 4) is 0 Å². The van der Waals surface area contributed by atoms with E-state index in [1.807, 2.05) is 0 Å². The molecule has 0 saturated carbocycles. The average Bonchev–Trinajstić information content (AvgIpc) is 2.54. The smallest absolute Gasteiger partial charge is 0.157 e. The first-order chi connectivity index (χ1) is 10.8. The minimum absolute atomic E-state index is 0.188. The molecule has 3 nitrogen and oxygen atoms in total. The van der Waals surface area contributed by atoms with Gasteiger partial charge < -0.3 is 14.3 Å². The van der Waals surface area contributed by atoms with Crippen molar-refractivity contribution < 1.29 is 14.3 Å². The summed E-state index contributed by atoms with van der Waals surface area (Å²) < 4.78 is 11.6. The standard InChI is InChI=1S/C19H38O3/c1-3-5-7-9-11-13-18-22-19(15-14-16-20)21-17-12-10-8-6-4-2/h16,19H,3-15,17-18H2,1-2H3. The Bertz CT molecular complexity index is 219. The molecule has 3 heteroatoms. The van der Waals surface area contributed by atoms with E-state index in [4.69, 9.17) is 9.47 Å². The highest BCUT2D eigenvalue weighted by atomic mass is 16.7. The fraction of sp³-hybridized carbons (Fsp3) is 0.947. The number of carbonyl (C=O) groups excluding carboxylic acids is 1. The van der Waals surface area contributed by atoms with E-state index in [0.29, 0.717) is 12.8 Å². The van der Waals surface area contributed by atoms with Crippen LogP contribution in [0.15, 0.2) is 0 Å². The van der Waals surface area contributed by atoms with Gasteiger partial charge in [0.25, 0.3) is 0 Å². The Morgan fingerprint density at radius 2 is 1.18 bits per heavy atom. The number of unbranched alkanes of at least 4 members (excludes halogenated alkanes) is 9. The monoisotopic (exact) mass is 314 g/mol. The van der Waals surface area contributed by atoms with Crippen LogP contribution >= 0.6 is 0 Å². The molecule has 0 heterocycles. The number of carbonyl (C=O) groups is 1. The van der Waals surface area contributed by atoms with Crippen LogP contribution in [0.4, 0.5) is 0 Å². The first-order valence-electron chi connectivity index (χ1n) is 9.52. The second-order valence-corrected chi connectivity index (χ2v) is 6.10. The molecule has 0 bridgehead atoms. The summed E-state index contributed by atoms with van der Waals surface area (Å²) in [4.78, 5) is 10.5. The molecule has 0 aromatic rings. The Morgan fingerprint density at radius 1 is 0.727 bits per heavy atom. The molecule has 0 aliphatic rings. The van der Waals surface area contributed by atoms with Crippen LogP contribution in [0.3, 0.4) is 0 Å². The van der Waals surface area contributed by atoms with Crippen molar-refractivity contribution >= 4 is 6.29 Å². The Hall–Kier alpha value is -0.410. The normalized spacial score (nSPS) is 12.5. The maximum atomic E-state index is 10.5. The van der Waals surface area contributed by atoms with E-state index in [-0.39, 0.29) is 6.29 Å². The predicted molar refractivity (Wildman–Crippen MR) is 93.1 cm³/mol. The maximum absolute atomic E-state index is 10.5. The Labute approximate surface area is 138 Å². The number of hydrogen-bond donors (Lipinski definition) is 0. The number of aldehydes is 1. The summed E-state index contributed by atoms with van der Waals surface area (Å²) in [7, 11) is 0. The van der Waals surface area contributed by atoms with Gasteiger partial charge in [0, 0.05) is 26.1 Å². The number of hydrogen-bond acceptors (Lipinski definition) is 3. The zero-order valence-corrected chi connectivity index (χ0v) is 15.0. The molecule has 0 aliphatic heterocycles. The summed E-state index contributed by atoms with van der Waals surface area (Å²) in [5.74, 6) is 0. The van der Waals surface area contributed by atoms with Gasteiger partial charge in [0.2, 0.25) is 0 Å². The van der Waals surface area contributed by atoms with Gasteiger partial charge in [-0.15, -0.1) is 0 Å². The van der Waals surface area contributed by atoms with Crippen LogP contribution in [0.5, 0.6) is 0 Å². The van der Waals surface area contributed by atoms with E-state index in [2.05, 4.69) is 13.8 Å². The molecule has 0 N–H and O–H groups in total. The van der Waals surface area contributed by atoms with Gasteiger partial charge in [-0.25, -0.2) is 0 Å². The molecule has 0 spiro atoms. The quantitative estimate of drug-likeness (QED) is 0.186. The summed E-state index contributed by atoms with van der Waals surface area (Å²) in [5, 5.41) is 0. The zero-order valence-electron chi connectivity index (χ0n) is 15.0. The lowest BCUT2D eigenvalue weighted by Crippen LogP contribution is -2.19. The van der Waals surface area contributed by atoms with E-state index in [1.165, 1.54) is 57.8 Å². The SMILES string of the molecule is CCCCCCCCOC(CCC=O)OCCCCCCC. The summed E-state index contributed by atoms with van der Waals surface area (Å²) in [6, 6.07) is 0.